The second-order valence-electron chi connectivity index (χ2n) is 5.18. The molecule has 0 bridgehead atoms. The van der Waals surface area contributed by atoms with Crippen molar-refractivity contribution in [1.29, 1.82) is 0 Å². The lowest BCUT2D eigenvalue weighted by Gasteiger charge is -2.07. The van der Waals surface area contributed by atoms with Gasteiger partial charge in [0, 0.05) is 40.5 Å². The van der Waals surface area contributed by atoms with E-state index in [1.165, 1.54) is 6.07 Å². The fourth-order valence-corrected chi connectivity index (χ4v) is 3.06. The van der Waals surface area contributed by atoms with Crippen LogP contribution in [-0.2, 0) is 13.0 Å². The molecule has 108 valence electrons. The highest BCUT2D eigenvalue weighted by atomic mass is 79.9. The van der Waals surface area contributed by atoms with Crippen LogP contribution in [0.5, 0.6) is 0 Å². The summed E-state index contributed by atoms with van der Waals surface area (Å²) in [7, 11) is 0. The number of benzene rings is 1. The number of aryl methyl sites for hydroxylation is 1. The molecule has 0 spiro atoms. The summed E-state index contributed by atoms with van der Waals surface area (Å²) in [5.74, 6) is 0.167. The molecule has 0 fully saturated rings. The van der Waals surface area contributed by atoms with E-state index in [-0.39, 0.29) is 16.4 Å². The monoisotopic (exact) mass is 348 g/mol. The molecule has 0 saturated carbocycles. The lowest BCUT2D eigenvalue weighted by Crippen LogP contribution is -2.07. The predicted molar refractivity (Wildman–Crippen MR) is 81.6 cm³/mol. The van der Waals surface area contributed by atoms with E-state index in [1.807, 2.05) is 17.0 Å². The Labute approximate surface area is 129 Å². The van der Waals surface area contributed by atoms with Crippen molar-refractivity contribution in [2.75, 3.05) is 0 Å². The molecule has 1 aromatic carbocycles. The molecule has 3 rings (SSSR count). The van der Waals surface area contributed by atoms with Crippen molar-refractivity contribution >= 4 is 27.4 Å². The summed E-state index contributed by atoms with van der Waals surface area (Å²) in [6.07, 6.45) is 6.11. The smallest absolute Gasteiger partial charge is 0.275 e. The van der Waals surface area contributed by atoms with Crippen molar-refractivity contribution in [1.82, 2.24) is 4.57 Å². The third-order valence-corrected chi connectivity index (χ3v) is 4.20. The highest BCUT2D eigenvalue weighted by Crippen LogP contribution is 2.26. The third kappa shape index (κ3) is 2.76. The number of Topliss-reactive ketones (excluding diaryl/α,β-unsaturated/α-hetero) is 1. The Bertz CT molecular complexity index is 737. The highest BCUT2D eigenvalue weighted by Gasteiger charge is 2.20. The van der Waals surface area contributed by atoms with Gasteiger partial charge in [0.15, 0.2) is 5.78 Å². The van der Waals surface area contributed by atoms with Gasteiger partial charge in [0.25, 0.3) is 5.69 Å². The number of ketones is 1. The van der Waals surface area contributed by atoms with Gasteiger partial charge in [0.2, 0.25) is 0 Å². The summed E-state index contributed by atoms with van der Waals surface area (Å²) < 4.78 is 2.55. The number of carbonyl (C=O) groups is 1. The molecule has 0 atom stereocenters. The number of fused-ring (bicyclic) bond motifs is 1. The van der Waals surface area contributed by atoms with Crippen LogP contribution in [0.3, 0.4) is 0 Å². The molecule has 0 amide bonds. The zero-order chi connectivity index (χ0) is 15.0. The lowest BCUT2D eigenvalue weighted by molar-refractivity contribution is -0.385. The van der Waals surface area contributed by atoms with E-state index < -0.39 is 0 Å². The van der Waals surface area contributed by atoms with Crippen LogP contribution in [0.15, 0.2) is 35.1 Å². The molecule has 0 aliphatic heterocycles. The summed E-state index contributed by atoms with van der Waals surface area (Å²) >= 11 is 3.25. The first-order valence-electron chi connectivity index (χ1n) is 6.69. The number of rotatable bonds is 3. The Morgan fingerprint density at radius 1 is 1.29 bits per heavy atom. The lowest BCUT2D eigenvalue weighted by atomic mass is 9.95. The zero-order valence-electron chi connectivity index (χ0n) is 11.2. The van der Waals surface area contributed by atoms with E-state index >= 15 is 0 Å². The molecule has 5 nitrogen and oxygen atoms in total. The van der Waals surface area contributed by atoms with Crippen molar-refractivity contribution < 1.29 is 9.72 Å². The first kappa shape index (κ1) is 14.0. The summed E-state index contributed by atoms with van der Waals surface area (Å²) in [6.45, 7) is 0.393. The van der Waals surface area contributed by atoms with E-state index in [1.54, 1.807) is 12.1 Å². The van der Waals surface area contributed by atoms with Crippen molar-refractivity contribution in [2.45, 2.75) is 25.8 Å². The molecule has 0 saturated heterocycles. The van der Waals surface area contributed by atoms with Crippen LogP contribution in [0.1, 0.15) is 34.3 Å². The Morgan fingerprint density at radius 2 is 2.10 bits per heavy atom. The third-order valence-electron chi connectivity index (χ3n) is 3.71. The summed E-state index contributed by atoms with van der Waals surface area (Å²) in [6, 6.07) is 5.03. The fraction of sp³-hybridized carbons (Fsp3) is 0.267. The van der Waals surface area contributed by atoms with Gasteiger partial charge in [-0.15, -0.1) is 0 Å². The quantitative estimate of drug-likeness (QED) is 0.627. The average Bonchev–Trinajstić information content (AvgIpc) is 2.85. The van der Waals surface area contributed by atoms with Gasteiger partial charge in [0.05, 0.1) is 11.5 Å². The molecule has 0 N–H and O–H groups in total. The second kappa shape index (κ2) is 5.44. The molecule has 0 unspecified atom stereocenters. The molecule has 1 heterocycles. The number of nitro groups is 1. The van der Waals surface area contributed by atoms with Crippen molar-refractivity contribution in [2.24, 2.45) is 0 Å². The molecule has 2 aromatic rings. The zero-order valence-corrected chi connectivity index (χ0v) is 12.8. The van der Waals surface area contributed by atoms with Gasteiger partial charge < -0.3 is 4.57 Å². The fourth-order valence-electron chi connectivity index (χ4n) is 2.71. The number of hydrogen-bond acceptors (Lipinski definition) is 3. The van der Waals surface area contributed by atoms with Crippen molar-refractivity contribution in [3.8, 4) is 0 Å². The van der Waals surface area contributed by atoms with Crippen LogP contribution < -0.4 is 0 Å². The maximum absolute atomic E-state index is 11.8. The summed E-state index contributed by atoms with van der Waals surface area (Å²) in [5.41, 5.74) is 2.53. The van der Waals surface area contributed by atoms with Gasteiger partial charge in [-0.3, -0.25) is 14.9 Å². The van der Waals surface area contributed by atoms with Crippen LogP contribution in [0.4, 0.5) is 5.69 Å². The molecule has 1 aliphatic carbocycles. The van der Waals surface area contributed by atoms with E-state index in [0.717, 1.165) is 24.0 Å². The topological polar surface area (TPSA) is 65.1 Å². The minimum atomic E-state index is -0.380. The predicted octanol–water partition coefficient (Wildman–Crippen LogP) is 3.73. The van der Waals surface area contributed by atoms with Gasteiger partial charge in [-0.2, -0.15) is 0 Å². The van der Waals surface area contributed by atoms with E-state index in [2.05, 4.69) is 15.9 Å². The number of carbonyl (C=O) groups excluding carboxylic acids is 1. The first-order chi connectivity index (χ1) is 10.0. The maximum atomic E-state index is 11.8. The highest BCUT2D eigenvalue weighted by molar-refractivity contribution is 9.10. The molecule has 1 aromatic heterocycles. The minimum Gasteiger partial charge on any atom is -0.349 e. The standard InChI is InChI=1S/C15H13BrN2O3/c16-12-5-4-11(14(6-12)18(20)21)8-17-7-10-2-1-3-15(19)13(10)9-17/h4-7,9H,1-3,8H2. The number of aromatic nitrogens is 1. The van der Waals surface area contributed by atoms with Crippen LogP contribution in [0.25, 0.3) is 0 Å². The van der Waals surface area contributed by atoms with Gasteiger partial charge in [-0.1, -0.05) is 15.9 Å². The molecule has 1 aliphatic rings. The molecule has 6 heteroatoms. The van der Waals surface area contributed by atoms with Gasteiger partial charge in [-0.05, 0) is 30.5 Å². The van der Waals surface area contributed by atoms with Crippen LogP contribution in [0.2, 0.25) is 0 Å². The Hall–Kier alpha value is -1.95. The van der Waals surface area contributed by atoms with E-state index in [4.69, 9.17) is 0 Å². The summed E-state index contributed by atoms with van der Waals surface area (Å²) in [4.78, 5) is 22.6. The van der Waals surface area contributed by atoms with Crippen LogP contribution in [-0.4, -0.2) is 15.3 Å². The van der Waals surface area contributed by atoms with E-state index in [9.17, 15) is 14.9 Å². The maximum Gasteiger partial charge on any atom is 0.275 e. The number of nitrogens with zero attached hydrogens (tertiary/aromatic N) is 2. The largest absolute Gasteiger partial charge is 0.349 e. The van der Waals surface area contributed by atoms with Crippen LogP contribution >= 0.6 is 15.9 Å². The summed E-state index contributed by atoms with van der Waals surface area (Å²) in [5, 5.41) is 11.1. The number of hydrogen-bond donors (Lipinski definition) is 0. The average molecular weight is 349 g/mol. The Morgan fingerprint density at radius 3 is 2.81 bits per heavy atom. The molecule has 21 heavy (non-hydrogen) atoms. The van der Waals surface area contributed by atoms with E-state index in [0.29, 0.717) is 23.0 Å². The van der Waals surface area contributed by atoms with Gasteiger partial charge >= 0.3 is 0 Å². The molecular formula is C15H13BrN2O3. The minimum absolute atomic E-state index is 0.0855. The van der Waals surface area contributed by atoms with Gasteiger partial charge in [-0.25, -0.2) is 0 Å². The SMILES string of the molecule is O=C1CCCc2cn(Cc3ccc(Br)cc3[N+](=O)[O-])cc21. The van der Waals surface area contributed by atoms with Crippen LogP contribution in [0, 0.1) is 10.1 Å². The van der Waals surface area contributed by atoms with Crippen molar-refractivity contribution in [3.05, 3.63) is 61.9 Å². The normalized spacial score (nSPS) is 14.0. The Kier molecular flexibility index (Phi) is 3.63. The number of nitro benzene ring substituents is 1. The van der Waals surface area contributed by atoms with Gasteiger partial charge in [0.1, 0.15) is 0 Å². The first-order valence-corrected chi connectivity index (χ1v) is 7.48. The second-order valence-corrected chi connectivity index (χ2v) is 6.09. The Balaban J connectivity index is 1.94. The molecular weight excluding hydrogens is 336 g/mol. The van der Waals surface area contributed by atoms with Crippen molar-refractivity contribution in [3.63, 3.8) is 0 Å². The number of halogens is 1. The molecule has 0 radical (unpaired) electrons.